The number of hydrogen-bond donors (Lipinski definition) is 2. The maximum atomic E-state index is 10.7. The van der Waals surface area contributed by atoms with Gasteiger partial charge < -0.3 is 10.4 Å². The molecule has 2 N–H and O–H groups in total. The minimum Gasteiger partial charge on any atom is -0.480 e. The number of nitrogens with one attached hydrogen (secondary N) is 1. The number of aliphatic carboxylic acids is 1. The highest BCUT2D eigenvalue weighted by molar-refractivity contribution is 5.74. The Kier molecular flexibility index (Phi) is 1.60. The summed E-state index contributed by atoms with van der Waals surface area (Å²) in [6.07, 6.45) is 3.55. The van der Waals surface area contributed by atoms with E-state index in [0.29, 0.717) is 11.8 Å². The van der Waals surface area contributed by atoms with Gasteiger partial charge in [0.05, 0.1) is 0 Å². The molecule has 1 aliphatic carbocycles. The molecule has 1 heterocycles. The van der Waals surface area contributed by atoms with Crippen LogP contribution < -0.4 is 5.32 Å². The number of carboxylic acids is 1. The molecule has 0 radical (unpaired) electrons. The van der Waals surface area contributed by atoms with Crippen molar-refractivity contribution in [3.05, 3.63) is 0 Å². The summed E-state index contributed by atoms with van der Waals surface area (Å²) in [7, 11) is 0. The van der Waals surface area contributed by atoms with Crippen LogP contribution in [0, 0.1) is 11.8 Å². The molecule has 0 amide bonds. The molecule has 0 bridgehead atoms. The van der Waals surface area contributed by atoms with Crippen LogP contribution in [0.4, 0.5) is 0 Å². The fourth-order valence-corrected chi connectivity index (χ4v) is 2.46. The zero-order valence-corrected chi connectivity index (χ0v) is 6.42. The first-order valence-corrected chi connectivity index (χ1v) is 4.25. The lowest BCUT2D eigenvalue weighted by molar-refractivity contribution is -0.140. The van der Waals surface area contributed by atoms with Crippen molar-refractivity contribution in [1.82, 2.24) is 5.32 Å². The van der Waals surface area contributed by atoms with E-state index in [1.165, 1.54) is 12.8 Å². The SMILES string of the molecule is O=C(O)C1NC[C@H]2CCC[C@@H]12. The summed E-state index contributed by atoms with van der Waals surface area (Å²) in [5.74, 6) is 0.406. The second-order valence-corrected chi connectivity index (χ2v) is 3.58. The Morgan fingerprint density at radius 3 is 3.00 bits per heavy atom. The zero-order chi connectivity index (χ0) is 7.84. The molecule has 3 heteroatoms. The van der Waals surface area contributed by atoms with Gasteiger partial charge >= 0.3 is 5.97 Å². The van der Waals surface area contributed by atoms with Crippen LogP contribution in [0.5, 0.6) is 0 Å². The van der Waals surface area contributed by atoms with E-state index in [1.807, 2.05) is 0 Å². The van der Waals surface area contributed by atoms with Gasteiger partial charge in [0.1, 0.15) is 6.04 Å². The molecule has 2 aliphatic rings. The van der Waals surface area contributed by atoms with Gasteiger partial charge in [-0.3, -0.25) is 4.79 Å². The highest BCUT2D eigenvalue weighted by Crippen LogP contribution is 2.37. The van der Waals surface area contributed by atoms with E-state index < -0.39 is 5.97 Å². The zero-order valence-electron chi connectivity index (χ0n) is 6.42. The Hall–Kier alpha value is -0.570. The highest BCUT2D eigenvalue weighted by Gasteiger charge is 2.42. The summed E-state index contributed by atoms with van der Waals surface area (Å²) < 4.78 is 0. The van der Waals surface area contributed by atoms with Crippen LogP contribution in [0.2, 0.25) is 0 Å². The standard InChI is InChI=1S/C8H13NO2/c10-8(11)7-6-3-1-2-5(6)4-9-7/h5-7,9H,1-4H2,(H,10,11)/t5-,6-,7?/m1/s1. The molecular weight excluding hydrogens is 142 g/mol. The van der Waals surface area contributed by atoms with Gasteiger partial charge in [0, 0.05) is 0 Å². The van der Waals surface area contributed by atoms with Crippen LogP contribution >= 0.6 is 0 Å². The first-order chi connectivity index (χ1) is 5.29. The van der Waals surface area contributed by atoms with Crippen molar-refractivity contribution < 1.29 is 9.90 Å². The fraction of sp³-hybridized carbons (Fsp3) is 0.875. The average Bonchev–Trinajstić information content (AvgIpc) is 2.41. The number of carbonyl (C=O) groups is 1. The van der Waals surface area contributed by atoms with Gasteiger partial charge in [0.2, 0.25) is 0 Å². The van der Waals surface area contributed by atoms with Gasteiger partial charge in [-0.2, -0.15) is 0 Å². The molecule has 2 fully saturated rings. The molecule has 1 unspecified atom stereocenters. The Morgan fingerprint density at radius 2 is 2.27 bits per heavy atom. The van der Waals surface area contributed by atoms with Crippen LogP contribution in [0.3, 0.4) is 0 Å². The van der Waals surface area contributed by atoms with E-state index in [1.54, 1.807) is 0 Å². The molecule has 0 aromatic rings. The van der Waals surface area contributed by atoms with Crippen LogP contribution in [0.1, 0.15) is 19.3 Å². The predicted octanol–water partition coefficient (Wildman–Crippen LogP) is 0.459. The topological polar surface area (TPSA) is 49.3 Å². The summed E-state index contributed by atoms with van der Waals surface area (Å²) in [5.41, 5.74) is 0. The lowest BCUT2D eigenvalue weighted by Crippen LogP contribution is -2.35. The summed E-state index contributed by atoms with van der Waals surface area (Å²) in [6.45, 7) is 0.918. The lowest BCUT2D eigenvalue weighted by atomic mass is 9.94. The van der Waals surface area contributed by atoms with Gasteiger partial charge in [-0.1, -0.05) is 6.42 Å². The Balaban J connectivity index is 2.08. The van der Waals surface area contributed by atoms with Gasteiger partial charge in [-0.25, -0.2) is 0 Å². The minimum absolute atomic E-state index is 0.248. The average molecular weight is 155 g/mol. The van der Waals surface area contributed by atoms with E-state index in [0.717, 1.165) is 13.0 Å². The monoisotopic (exact) mass is 155 g/mol. The van der Waals surface area contributed by atoms with Gasteiger partial charge in [0.25, 0.3) is 0 Å². The molecule has 3 nitrogen and oxygen atoms in total. The second-order valence-electron chi connectivity index (χ2n) is 3.58. The molecule has 0 spiro atoms. The van der Waals surface area contributed by atoms with Crippen molar-refractivity contribution in [2.24, 2.45) is 11.8 Å². The maximum absolute atomic E-state index is 10.7. The van der Waals surface area contributed by atoms with Crippen molar-refractivity contribution in [3.8, 4) is 0 Å². The first kappa shape index (κ1) is 7.10. The third kappa shape index (κ3) is 1.03. The van der Waals surface area contributed by atoms with Crippen molar-refractivity contribution in [2.75, 3.05) is 6.54 Å². The van der Waals surface area contributed by atoms with Gasteiger partial charge in [-0.05, 0) is 31.2 Å². The van der Waals surface area contributed by atoms with Gasteiger partial charge in [0.15, 0.2) is 0 Å². The molecule has 11 heavy (non-hydrogen) atoms. The molecule has 62 valence electrons. The summed E-state index contributed by atoms with van der Waals surface area (Å²) in [5, 5.41) is 11.9. The smallest absolute Gasteiger partial charge is 0.320 e. The third-order valence-corrected chi connectivity index (χ3v) is 3.01. The van der Waals surface area contributed by atoms with Crippen molar-refractivity contribution in [3.63, 3.8) is 0 Å². The highest BCUT2D eigenvalue weighted by atomic mass is 16.4. The quantitative estimate of drug-likeness (QED) is 0.578. The second kappa shape index (κ2) is 2.48. The normalized spacial score (nSPS) is 42.4. The first-order valence-electron chi connectivity index (χ1n) is 4.25. The van der Waals surface area contributed by atoms with Crippen molar-refractivity contribution in [1.29, 1.82) is 0 Å². The number of fused-ring (bicyclic) bond motifs is 1. The lowest BCUT2D eigenvalue weighted by Gasteiger charge is -2.12. The minimum atomic E-state index is -0.667. The maximum Gasteiger partial charge on any atom is 0.320 e. The third-order valence-electron chi connectivity index (χ3n) is 3.01. The van der Waals surface area contributed by atoms with E-state index in [-0.39, 0.29) is 6.04 Å². The Labute approximate surface area is 65.8 Å². The predicted molar refractivity (Wildman–Crippen MR) is 40.3 cm³/mol. The van der Waals surface area contributed by atoms with Gasteiger partial charge in [-0.15, -0.1) is 0 Å². The molecular formula is C8H13NO2. The van der Waals surface area contributed by atoms with E-state index in [4.69, 9.17) is 5.11 Å². The number of rotatable bonds is 1. The Bertz CT molecular complexity index is 181. The molecule has 0 aromatic carbocycles. The van der Waals surface area contributed by atoms with Crippen molar-refractivity contribution >= 4 is 5.97 Å². The molecule has 1 saturated carbocycles. The van der Waals surface area contributed by atoms with Crippen molar-refractivity contribution in [2.45, 2.75) is 25.3 Å². The molecule has 1 saturated heterocycles. The van der Waals surface area contributed by atoms with E-state index in [2.05, 4.69) is 5.32 Å². The Morgan fingerprint density at radius 1 is 1.45 bits per heavy atom. The van der Waals surface area contributed by atoms with Crippen LogP contribution in [0.25, 0.3) is 0 Å². The summed E-state index contributed by atoms with van der Waals surface area (Å²) in [6, 6.07) is -0.248. The van der Waals surface area contributed by atoms with Crippen LogP contribution in [-0.4, -0.2) is 23.7 Å². The summed E-state index contributed by atoms with van der Waals surface area (Å²) >= 11 is 0. The molecule has 0 aromatic heterocycles. The van der Waals surface area contributed by atoms with Crippen LogP contribution in [0.15, 0.2) is 0 Å². The van der Waals surface area contributed by atoms with E-state index >= 15 is 0 Å². The van der Waals surface area contributed by atoms with E-state index in [9.17, 15) is 4.79 Å². The molecule has 1 aliphatic heterocycles. The summed E-state index contributed by atoms with van der Waals surface area (Å²) in [4.78, 5) is 10.7. The number of carboxylic acid groups (broad SMARTS) is 1. The fourth-order valence-electron chi connectivity index (χ4n) is 2.46. The van der Waals surface area contributed by atoms with Crippen LogP contribution in [-0.2, 0) is 4.79 Å². The molecule has 2 rings (SSSR count). The number of hydrogen-bond acceptors (Lipinski definition) is 2. The largest absolute Gasteiger partial charge is 0.480 e. The molecule has 3 atom stereocenters.